The summed E-state index contributed by atoms with van der Waals surface area (Å²) >= 11 is 0. The molecule has 4 heteroatoms. The highest BCUT2D eigenvalue weighted by atomic mass is 16.2. The molecule has 1 aromatic rings. The summed E-state index contributed by atoms with van der Waals surface area (Å²) in [6.45, 7) is 1.96. The molecule has 1 aliphatic carbocycles. The second-order valence-corrected chi connectivity index (χ2v) is 5.09. The first kappa shape index (κ1) is 13.1. The van der Waals surface area contributed by atoms with Crippen molar-refractivity contribution >= 4 is 11.6 Å². The number of hydrogen-bond acceptors (Lipinski definition) is 3. The average Bonchev–Trinajstić information content (AvgIpc) is 3.12. The van der Waals surface area contributed by atoms with E-state index >= 15 is 0 Å². The number of hydrogen-bond donors (Lipinski definition) is 2. The standard InChI is InChI=1S/C14H21N3O/c1-17(9-11-5-6-11)10-14(18)16-13-4-2-3-12(7-13)8-15/h2-4,7,11H,5-6,8-10,15H2,1H3,(H,16,18). The molecule has 0 spiro atoms. The molecule has 1 aromatic carbocycles. The molecule has 0 atom stereocenters. The Balaban J connectivity index is 1.81. The maximum absolute atomic E-state index is 11.8. The van der Waals surface area contributed by atoms with E-state index in [0.29, 0.717) is 13.1 Å². The van der Waals surface area contributed by atoms with Gasteiger partial charge in [-0.15, -0.1) is 0 Å². The van der Waals surface area contributed by atoms with E-state index in [1.165, 1.54) is 12.8 Å². The van der Waals surface area contributed by atoms with E-state index in [-0.39, 0.29) is 5.91 Å². The third-order valence-electron chi connectivity index (χ3n) is 3.13. The minimum absolute atomic E-state index is 0.0346. The summed E-state index contributed by atoms with van der Waals surface area (Å²) in [6.07, 6.45) is 2.62. The van der Waals surface area contributed by atoms with Gasteiger partial charge in [-0.25, -0.2) is 0 Å². The SMILES string of the molecule is CN(CC(=O)Nc1cccc(CN)c1)CC1CC1. The van der Waals surface area contributed by atoms with Crippen molar-refractivity contribution < 1.29 is 4.79 Å². The third-order valence-corrected chi connectivity index (χ3v) is 3.13. The molecule has 1 amide bonds. The molecular weight excluding hydrogens is 226 g/mol. The average molecular weight is 247 g/mol. The first-order chi connectivity index (χ1) is 8.67. The van der Waals surface area contributed by atoms with Crippen LogP contribution in [0.5, 0.6) is 0 Å². The summed E-state index contributed by atoms with van der Waals surface area (Å²) in [5.74, 6) is 0.843. The summed E-state index contributed by atoms with van der Waals surface area (Å²) in [5.41, 5.74) is 7.42. The molecule has 0 bridgehead atoms. The van der Waals surface area contributed by atoms with Crippen LogP contribution in [-0.4, -0.2) is 30.9 Å². The number of rotatable bonds is 6. The Morgan fingerprint density at radius 2 is 2.28 bits per heavy atom. The van der Waals surface area contributed by atoms with Gasteiger partial charge >= 0.3 is 0 Å². The fraction of sp³-hybridized carbons (Fsp3) is 0.500. The molecule has 0 heterocycles. The molecule has 1 saturated carbocycles. The monoisotopic (exact) mass is 247 g/mol. The lowest BCUT2D eigenvalue weighted by atomic mass is 10.2. The molecule has 18 heavy (non-hydrogen) atoms. The predicted octanol–water partition coefficient (Wildman–Crippen LogP) is 1.43. The highest BCUT2D eigenvalue weighted by molar-refractivity contribution is 5.92. The molecule has 1 fully saturated rings. The van der Waals surface area contributed by atoms with E-state index in [2.05, 4.69) is 10.2 Å². The van der Waals surface area contributed by atoms with Crippen molar-refractivity contribution in [1.82, 2.24) is 4.90 Å². The van der Waals surface area contributed by atoms with Gasteiger partial charge in [0, 0.05) is 18.8 Å². The van der Waals surface area contributed by atoms with Crippen molar-refractivity contribution in [1.29, 1.82) is 0 Å². The number of carbonyl (C=O) groups excluding carboxylic acids is 1. The molecule has 1 aliphatic rings. The molecule has 0 saturated heterocycles. The van der Waals surface area contributed by atoms with Crippen molar-refractivity contribution in [2.75, 3.05) is 25.5 Å². The van der Waals surface area contributed by atoms with Gasteiger partial charge in [0.25, 0.3) is 0 Å². The van der Waals surface area contributed by atoms with Crippen molar-refractivity contribution in [2.45, 2.75) is 19.4 Å². The lowest BCUT2D eigenvalue weighted by molar-refractivity contribution is -0.117. The number of amides is 1. The first-order valence-corrected chi connectivity index (χ1v) is 6.45. The van der Waals surface area contributed by atoms with Crippen LogP contribution in [0.2, 0.25) is 0 Å². The smallest absolute Gasteiger partial charge is 0.238 e. The van der Waals surface area contributed by atoms with Crippen LogP contribution in [0.3, 0.4) is 0 Å². The molecule has 0 aliphatic heterocycles. The van der Waals surface area contributed by atoms with Gasteiger partial charge in [0.2, 0.25) is 5.91 Å². The number of anilines is 1. The van der Waals surface area contributed by atoms with E-state index in [1.54, 1.807) is 0 Å². The summed E-state index contributed by atoms with van der Waals surface area (Å²) in [7, 11) is 1.99. The summed E-state index contributed by atoms with van der Waals surface area (Å²) in [4.78, 5) is 13.9. The maximum Gasteiger partial charge on any atom is 0.238 e. The van der Waals surface area contributed by atoms with E-state index in [4.69, 9.17) is 5.73 Å². The van der Waals surface area contributed by atoms with Gasteiger partial charge < -0.3 is 11.1 Å². The Labute approximate surface area is 108 Å². The number of nitrogens with zero attached hydrogens (tertiary/aromatic N) is 1. The van der Waals surface area contributed by atoms with Crippen LogP contribution in [0.4, 0.5) is 5.69 Å². The second-order valence-electron chi connectivity index (χ2n) is 5.09. The van der Waals surface area contributed by atoms with Crippen LogP contribution < -0.4 is 11.1 Å². The lowest BCUT2D eigenvalue weighted by Gasteiger charge is -2.15. The highest BCUT2D eigenvalue weighted by Gasteiger charge is 2.23. The van der Waals surface area contributed by atoms with Gasteiger partial charge in [-0.2, -0.15) is 0 Å². The van der Waals surface area contributed by atoms with Crippen LogP contribution in [0.1, 0.15) is 18.4 Å². The van der Waals surface area contributed by atoms with Crippen molar-refractivity contribution in [3.8, 4) is 0 Å². The summed E-state index contributed by atoms with van der Waals surface area (Å²) in [5, 5.41) is 2.91. The fourth-order valence-corrected chi connectivity index (χ4v) is 2.03. The minimum Gasteiger partial charge on any atom is -0.326 e. The molecule has 0 unspecified atom stereocenters. The summed E-state index contributed by atoms with van der Waals surface area (Å²) < 4.78 is 0. The van der Waals surface area contributed by atoms with Crippen LogP contribution in [-0.2, 0) is 11.3 Å². The van der Waals surface area contributed by atoms with Gasteiger partial charge in [-0.1, -0.05) is 12.1 Å². The van der Waals surface area contributed by atoms with Gasteiger partial charge in [-0.3, -0.25) is 9.69 Å². The summed E-state index contributed by atoms with van der Waals surface area (Å²) in [6, 6.07) is 7.66. The Morgan fingerprint density at radius 3 is 2.94 bits per heavy atom. The second kappa shape index (κ2) is 5.98. The van der Waals surface area contributed by atoms with E-state index in [1.807, 2.05) is 31.3 Å². The zero-order valence-corrected chi connectivity index (χ0v) is 10.9. The van der Waals surface area contributed by atoms with E-state index < -0.39 is 0 Å². The molecule has 0 aromatic heterocycles. The quantitative estimate of drug-likeness (QED) is 0.799. The van der Waals surface area contributed by atoms with E-state index in [0.717, 1.165) is 23.7 Å². The zero-order chi connectivity index (χ0) is 13.0. The van der Waals surface area contributed by atoms with Crippen LogP contribution in [0, 0.1) is 5.92 Å². The Bertz CT molecular complexity index is 415. The van der Waals surface area contributed by atoms with Crippen LogP contribution in [0.15, 0.2) is 24.3 Å². The first-order valence-electron chi connectivity index (χ1n) is 6.45. The number of nitrogens with two attached hydrogens (primary N) is 1. The highest BCUT2D eigenvalue weighted by Crippen LogP contribution is 2.29. The number of likely N-dealkylation sites (N-methyl/N-ethyl adjacent to an activating group) is 1. The zero-order valence-electron chi connectivity index (χ0n) is 10.9. The van der Waals surface area contributed by atoms with Crippen molar-refractivity contribution in [3.05, 3.63) is 29.8 Å². The number of benzene rings is 1. The van der Waals surface area contributed by atoms with Crippen LogP contribution in [0.25, 0.3) is 0 Å². The third kappa shape index (κ3) is 4.13. The number of nitrogens with one attached hydrogen (secondary N) is 1. The normalized spacial score (nSPS) is 14.8. The number of carbonyl (C=O) groups is 1. The maximum atomic E-state index is 11.8. The predicted molar refractivity (Wildman–Crippen MR) is 73.2 cm³/mol. The van der Waals surface area contributed by atoms with E-state index in [9.17, 15) is 4.79 Å². The molecule has 4 nitrogen and oxygen atoms in total. The van der Waals surface area contributed by atoms with Gasteiger partial charge in [0.1, 0.15) is 0 Å². The Hall–Kier alpha value is -1.39. The largest absolute Gasteiger partial charge is 0.326 e. The fourth-order valence-electron chi connectivity index (χ4n) is 2.03. The van der Waals surface area contributed by atoms with Gasteiger partial charge in [0.15, 0.2) is 0 Å². The van der Waals surface area contributed by atoms with Gasteiger partial charge in [0.05, 0.1) is 6.54 Å². The Kier molecular flexibility index (Phi) is 4.33. The molecule has 3 N–H and O–H groups in total. The molecular formula is C14H21N3O. The van der Waals surface area contributed by atoms with Crippen molar-refractivity contribution in [2.24, 2.45) is 11.7 Å². The van der Waals surface area contributed by atoms with Gasteiger partial charge in [-0.05, 0) is 43.5 Å². The minimum atomic E-state index is 0.0346. The van der Waals surface area contributed by atoms with Crippen LogP contribution >= 0.6 is 0 Å². The Morgan fingerprint density at radius 1 is 1.50 bits per heavy atom. The molecule has 98 valence electrons. The molecule has 2 rings (SSSR count). The lowest BCUT2D eigenvalue weighted by Crippen LogP contribution is -2.31. The topological polar surface area (TPSA) is 58.4 Å². The van der Waals surface area contributed by atoms with Crippen molar-refractivity contribution in [3.63, 3.8) is 0 Å². The molecule has 0 radical (unpaired) electrons.